The Kier molecular flexibility index (Phi) is 4.24. The van der Waals surface area contributed by atoms with Gasteiger partial charge in [0.25, 0.3) is 0 Å². The fourth-order valence-corrected chi connectivity index (χ4v) is 1.35. The molecule has 0 saturated heterocycles. The summed E-state index contributed by atoms with van der Waals surface area (Å²) in [6.07, 6.45) is -3.54. The minimum Gasteiger partial charge on any atom is -0.478 e. The molecule has 0 aliphatic carbocycles. The third-order valence-corrected chi connectivity index (χ3v) is 2.20. The molecule has 1 N–H and O–H groups in total. The van der Waals surface area contributed by atoms with Gasteiger partial charge in [-0.05, 0) is 30.7 Å². The molecule has 0 aliphatic rings. The third-order valence-electron chi connectivity index (χ3n) is 1.90. The molecule has 1 aromatic carbocycles. The quantitative estimate of drug-likeness (QED) is 0.858. The first-order chi connectivity index (χ1) is 8.19. The van der Waals surface area contributed by atoms with E-state index >= 15 is 0 Å². The number of carbonyl (C=O) groups is 1. The van der Waals surface area contributed by atoms with E-state index in [9.17, 15) is 18.0 Å². The van der Waals surface area contributed by atoms with E-state index in [2.05, 4.69) is 4.74 Å². The third kappa shape index (κ3) is 4.29. The van der Waals surface area contributed by atoms with Gasteiger partial charge in [-0.25, -0.2) is 4.79 Å². The van der Waals surface area contributed by atoms with Crippen LogP contribution in [0.5, 0.6) is 5.75 Å². The minimum absolute atomic E-state index is 0.0376. The average molecular weight is 281 g/mol. The van der Waals surface area contributed by atoms with Crippen LogP contribution in [0.1, 0.15) is 12.5 Å². The van der Waals surface area contributed by atoms with Crippen LogP contribution >= 0.6 is 11.6 Å². The Hall–Kier alpha value is -1.69. The summed E-state index contributed by atoms with van der Waals surface area (Å²) in [5.41, 5.74) is 0.407. The fraction of sp³-hybridized carbons (Fsp3) is 0.182. The van der Waals surface area contributed by atoms with Crippen molar-refractivity contribution in [2.45, 2.75) is 13.3 Å². The van der Waals surface area contributed by atoms with Crippen molar-refractivity contribution in [1.29, 1.82) is 0 Å². The van der Waals surface area contributed by atoms with Gasteiger partial charge in [-0.2, -0.15) is 0 Å². The molecular formula is C11H8ClF3O3. The van der Waals surface area contributed by atoms with Crippen molar-refractivity contribution >= 4 is 23.6 Å². The van der Waals surface area contributed by atoms with E-state index in [1.807, 2.05) is 0 Å². The number of hydrogen-bond donors (Lipinski definition) is 1. The Balaban J connectivity index is 3.00. The highest BCUT2D eigenvalue weighted by molar-refractivity contribution is 6.32. The molecule has 0 spiro atoms. The summed E-state index contributed by atoms with van der Waals surface area (Å²) < 4.78 is 39.6. The van der Waals surface area contributed by atoms with Gasteiger partial charge in [-0.1, -0.05) is 17.7 Å². The topological polar surface area (TPSA) is 46.5 Å². The number of carboxylic acids is 1. The number of rotatable bonds is 3. The predicted octanol–water partition coefficient (Wildman–Crippen LogP) is 3.73. The van der Waals surface area contributed by atoms with Crippen molar-refractivity contribution in [2.24, 2.45) is 0 Å². The van der Waals surface area contributed by atoms with Gasteiger partial charge < -0.3 is 9.84 Å². The first-order valence-electron chi connectivity index (χ1n) is 4.66. The maximum Gasteiger partial charge on any atom is 0.573 e. The highest BCUT2D eigenvalue weighted by atomic mass is 35.5. The van der Waals surface area contributed by atoms with Gasteiger partial charge in [-0.3, -0.25) is 0 Å². The molecule has 0 atom stereocenters. The molecule has 0 bridgehead atoms. The zero-order chi connectivity index (χ0) is 13.9. The largest absolute Gasteiger partial charge is 0.573 e. The normalized spacial score (nSPS) is 12.4. The van der Waals surface area contributed by atoms with E-state index in [1.165, 1.54) is 25.1 Å². The lowest BCUT2D eigenvalue weighted by molar-refractivity contribution is -0.274. The van der Waals surface area contributed by atoms with Crippen molar-refractivity contribution in [1.82, 2.24) is 0 Å². The molecule has 3 nitrogen and oxygen atoms in total. The van der Waals surface area contributed by atoms with Gasteiger partial charge in [-0.15, -0.1) is 13.2 Å². The van der Waals surface area contributed by atoms with E-state index in [0.717, 1.165) is 6.07 Å². The second-order valence-corrected chi connectivity index (χ2v) is 3.78. The van der Waals surface area contributed by atoms with Gasteiger partial charge in [0.2, 0.25) is 0 Å². The van der Waals surface area contributed by atoms with E-state index in [0.29, 0.717) is 5.56 Å². The van der Waals surface area contributed by atoms with Crippen LogP contribution < -0.4 is 4.74 Å². The predicted molar refractivity (Wildman–Crippen MR) is 59.4 cm³/mol. The van der Waals surface area contributed by atoms with E-state index in [1.54, 1.807) is 0 Å². The van der Waals surface area contributed by atoms with Crippen LogP contribution in [-0.4, -0.2) is 17.4 Å². The molecule has 0 saturated carbocycles. The summed E-state index contributed by atoms with van der Waals surface area (Å²) in [4.78, 5) is 10.6. The molecule has 0 unspecified atom stereocenters. The van der Waals surface area contributed by atoms with Crippen molar-refractivity contribution in [3.8, 4) is 5.75 Å². The molecule has 0 radical (unpaired) electrons. The lowest BCUT2D eigenvalue weighted by atomic mass is 10.1. The lowest BCUT2D eigenvalue weighted by Gasteiger charge is -2.10. The van der Waals surface area contributed by atoms with Crippen molar-refractivity contribution in [3.63, 3.8) is 0 Å². The molecule has 1 aromatic rings. The van der Waals surface area contributed by atoms with E-state index in [-0.39, 0.29) is 10.6 Å². The number of hydrogen-bond acceptors (Lipinski definition) is 2. The molecule has 18 heavy (non-hydrogen) atoms. The summed E-state index contributed by atoms with van der Waals surface area (Å²) in [7, 11) is 0. The van der Waals surface area contributed by atoms with E-state index < -0.39 is 18.1 Å². The van der Waals surface area contributed by atoms with E-state index in [4.69, 9.17) is 16.7 Å². The van der Waals surface area contributed by atoms with Crippen LogP contribution in [-0.2, 0) is 4.79 Å². The lowest BCUT2D eigenvalue weighted by Crippen LogP contribution is -2.17. The Labute approximate surface area is 105 Å². The number of carboxylic acid groups (broad SMARTS) is 1. The van der Waals surface area contributed by atoms with Crippen LogP contribution in [0, 0.1) is 0 Å². The molecule has 7 heteroatoms. The number of aliphatic carboxylic acids is 1. The Morgan fingerprint density at radius 1 is 1.44 bits per heavy atom. The summed E-state index contributed by atoms with van der Waals surface area (Å²) in [6.45, 7) is 1.36. The van der Waals surface area contributed by atoms with Gasteiger partial charge in [0, 0.05) is 5.57 Å². The van der Waals surface area contributed by atoms with Crippen LogP contribution in [0.25, 0.3) is 6.08 Å². The molecule has 0 aromatic heterocycles. The van der Waals surface area contributed by atoms with Gasteiger partial charge >= 0.3 is 12.3 Å². The fourth-order valence-electron chi connectivity index (χ4n) is 1.13. The van der Waals surface area contributed by atoms with Crippen molar-refractivity contribution < 1.29 is 27.8 Å². The molecule has 98 valence electrons. The number of alkyl halides is 3. The maximum absolute atomic E-state index is 12.0. The molecule has 0 heterocycles. The summed E-state index contributed by atoms with van der Waals surface area (Å²) >= 11 is 5.60. The molecule has 0 aliphatic heterocycles. The first kappa shape index (κ1) is 14.4. The monoisotopic (exact) mass is 280 g/mol. The van der Waals surface area contributed by atoms with Crippen LogP contribution in [0.3, 0.4) is 0 Å². The number of halogens is 4. The SMILES string of the molecule is C/C(=C\c1ccc(OC(F)(F)F)c(Cl)c1)C(=O)O. The van der Waals surface area contributed by atoms with Crippen LogP contribution in [0.15, 0.2) is 23.8 Å². The smallest absolute Gasteiger partial charge is 0.478 e. The molecule has 0 amide bonds. The minimum atomic E-state index is -4.82. The highest BCUT2D eigenvalue weighted by Crippen LogP contribution is 2.31. The van der Waals surface area contributed by atoms with Crippen LogP contribution in [0.2, 0.25) is 5.02 Å². The van der Waals surface area contributed by atoms with Gasteiger partial charge in [0.05, 0.1) is 5.02 Å². The maximum atomic E-state index is 12.0. The zero-order valence-corrected chi connectivity index (χ0v) is 9.84. The highest BCUT2D eigenvalue weighted by Gasteiger charge is 2.31. The number of ether oxygens (including phenoxy) is 1. The van der Waals surface area contributed by atoms with Gasteiger partial charge in [0.15, 0.2) is 0 Å². The second kappa shape index (κ2) is 5.30. The summed E-state index contributed by atoms with van der Waals surface area (Å²) in [5.74, 6) is -1.66. The van der Waals surface area contributed by atoms with Crippen molar-refractivity contribution in [3.05, 3.63) is 34.4 Å². The standard InChI is InChI=1S/C11H8ClF3O3/c1-6(10(16)17)4-7-2-3-9(8(12)5-7)18-11(13,14)15/h2-5H,1H3,(H,16,17)/b6-4+. The van der Waals surface area contributed by atoms with Crippen molar-refractivity contribution in [2.75, 3.05) is 0 Å². The van der Waals surface area contributed by atoms with Gasteiger partial charge in [0.1, 0.15) is 5.75 Å². The molecule has 1 rings (SSSR count). The Morgan fingerprint density at radius 2 is 2.06 bits per heavy atom. The summed E-state index contributed by atoms with van der Waals surface area (Å²) in [5, 5.41) is 8.39. The Bertz CT molecular complexity index is 495. The average Bonchev–Trinajstić information content (AvgIpc) is 2.20. The summed E-state index contributed by atoms with van der Waals surface area (Å²) in [6, 6.07) is 3.49. The number of benzene rings is 1. The second-order valence-electron chi connectivity index (χ2n) is 3.37. The molecule has 0 fully saturated rings. The zero-order valence-electron chi connectivity index (χ0n) is 9.08. The first-order valence-corrected chi connectivity index (χ1v) is 5.04. The van der Waals surface area contributed by atoms with Crippen LogP contribution in [0.4, 0.5) is 13.2 Å². The Morgan fingerprint density at radius 3 is 2.50 bits per heavy atom. The molecular weight excluding hydrogens is 273 g/mol.